The number of carbonyl (C=O) groups is 5. The van der Waals surface area contributed by atoms with Gasteiger partial charge in [-0.3, -0.25) is 29.0 Å². The summed E-state index contributed by atoms with van der Waals surface area (Å²) in [5.74, 6) is -2.83. The predicted molar refractivity (Wildman–Crippen MR) is 117 cm³/mol. The van der Waals surface area contributed by atoms with Gasteiger partial charge in [0.05, 0.1) is 6.42 Å². The van der Waals surface area contributed by atoms with Crippen LogP contribution >= 0.6 is 0 Å². The number of likely N-dealkylation sites (tertiary alicyclic amines) is 1. The first-order chi connectivity index (χ1) is 15.1. The largest absolute Gasteiger partial charge is 0.370 e. The number of hydrogen-bond donors (Lipinski definition) is 6. The lowest BCUT2D eigenvalue weighted by atomic mass is 10.1. The van der Waals surface area contributed by atoms with Gasteiger partial charge in [-0.05, 0) is 32.6 Å². The average molecular weight is 455 g/mol. The molecule has 32 heavy (non-hydrogen) atoms. The van der Waals surface area contributed by atoms with Crippen LogP contribution in [0.1, 0.15) is 46.0 Å². The van der Waals surface area contributed by atoms with Crippen molar-refractivity contribution in [3.05, 3.63) is 0 Å². The van der Waals surface area contributed by atoms with Gasteiger partial charge in [0.1, 0.15) is 18.1 Å². The molecule has 13 heteroatoms. The fourth-order valence-corrected chi connectivity index (χ4v) is 3.48. The molecule has 1 fully saturated rings. The number of hydrogen-bond acceptors (Lipinski definition) is 6. The van der Waals surface area contributed by atoms with Gasteiger partial charge in [0, 0.05) is 26.6 Å². The lowest BCUT2D eigenvalue weighted by molar-refractivity contribution is -0.142. The van der Waals surface area contributed by atoms with Crippen molar-refractivity contribution in [2.75, 3.05) is 19.6 Å². The zero-order valence-corrected chi connectivity index (χ0v) is 18.6. The number of nitrogens with two attached hydrogens (primary N) is 3. The minimum absolute atomic E-state index is 0.0973. The van der Waals surface area contributed by atoms with E-state index >= 15 is 0 Å². The first-order valence-electron chi connectivity index (χ1n) is 10.6. The highest BCUT2D eigenvalue weighted by molar-refractivity contribution is 5.96. The lowest BCUT2D eigenvalue weighted by Crippen LogP contribution is -2.57. The standard InChI is InChI=1S/C19H34N8O5/c1-3-23-17(31)14-7-5-9-27(14)18(32)12(6-4-8-24-19(21)22)26-16(30)13(10-15(20)29)25-11(2)28/h12-14H,3-10H2,1-2H3,(H2,20,29)(H,23,31)(H,25,28)(H,26,30)(H4,21,22,24)/t12-,13-,14-/m0/s1. The monoisotopic (exact) mass is 454 g/mol. The Morgan fingerprint density at radius 3 is 2.34 bits per heavy atom. The van der Waals surface area contributed by atoms with E-state index in [1.807, 2.05) is 0 Å². The minimum Gasteiger partial charge on any atom is -0.370 e. The Morgan fingerprint density at radius 1 is 1.09 bits per heavy atom. The topological polar surface area (TPSA) is 215 Å². The van der Waals surface area contributed by atoms with E-state index in [9.17, 15) is 24.0 Å². The molecule has 3 atom stereocenters. The van der Waals surface area contributed by atoms with Crippen molar-refractivity contribution in [1.82, 2.24) is 20.9 Å². The van der Waals surface area contributed by atoms with Crippen molar-refractivity contribution in [1.29, 1.82) is 0 Å². The first kappa shape index (κ1) is 26.7. The van der Waals surface area contributed by atoms with Crippen molar-refractivity contribution in [2.24, 2.45) is 22.2 Å². The number of nitrogens with zero attached hydrogens (tertiary/aromatic N) is 2. The van der Waals surface area contributed by atoms with Gasteiger partial charge in [-0.15, -0.1) is 0 Å². The zero-order chi connectivity index (χ0) is 24.3. The molecule has 9 N–H and O–H groups in total. The van der Waals surface area contributed by atoms with Gasteiger partial charge in [-0.25, -0.2) is 0 Å². The fraction of sp³-hybridized carbons (Fsp3) is 0.684. The van der Waals surface area contributed by atoms with Gasteiger partial charge in [-0.2, -0.15) is 0 Å². The average Bonchev–Trinajstić information content (AvgIpc) is 3.18. The molecular formula is C19H34N8O5. The Balaban J connectivity index is 3.01. The van der Waals surface area contributed by atoms with Crippen LogP contribution < -0.4 is 33.2 Å². The Labute approximate surface area is 186 Å². The van der Waals surface area contributed by atoms with E-state index in [1.54, 1.807) is 6.92 Å². The maximum absolute atomic E-state index is 13.3. The van der Waals surface area contributed by atoms with Crippen LogP contribution in [-0.2, 0) is 24.0 Å². The quantitative estimate of drug-likeness (QED) is 0.102. The molecule has 0 aromatic carbocycles. The van der Waals surface area contributed by atoms with E-state index in [0.717, 1.165) is 0 Å². The summed E-state index contributed by atoms with van der Waals surface area (Å²) in [6.45, 7) is 4.02. The summed E-state index contributed by atoms with van der Waals surface area (Å²) in [5.41, 5.74) is 15.8. The lowest BCUT2D eigenvalue weighted by Gasteiger charge is -2.29. The second-order valence-electron chi connectivity index (χ2n) is 7.52. The SMILES string of the molecule is CCNC(=O)[C@@H]1CCCN1C(=O)[C@H](CCCN=C(N)N)NC(=O)[C@H](CC(N)=O)NC(C)=O. The van der Waals surface area contributed by atoms with Crippen LogP contribution in [0.3, 0.4) is 0 Å². The molecule has 1 rings (SSSR count). The molecule has 13 nitrogen and oxygen atoms in total. The summed E-state index contributed by atoms with van der Waals surface area (Å²) >= 11 is 0. The number of likely N-dealkylation sites (N-methyl/N-ethyl adjacent to an activating group) is 1. The molecule has 0 aromatic heterocycles. The molecule has 0 radical (unpaired) electrons. The first-order valence-corrected chi connectivity index (χ1v) is 10.6. The summed E-state index contributed by atoms with van der Waals surface area (Å²) < 4.78 is 0. The highest BCUT2D eigenvalue weighted by Gasteiger charge is 2.38. The molecule has 5 amide bonds. The number of amides is 5. The van der Waals surface area contributed by atoms with Crippen LogP contribution in [0.4, 0.5) is 0 Å². The van der Waals surface area contributed by atoms with Crippen molar-refractivity contribution in [3.8, 4) is 0 Å². The number of primary amides is 1. The Hall–Kier alpha value is -3.38. The zero-order valence-electron chi connectivity index (χ0n) is 18.6. The van der Waals surface area contributed by atoms with Gasteiger partial charge < -0.3 is 38.1 Å². The molecule has 0 aromatic rings. The molecule has 1 aliphatic rings. The second kappa shape index (κ2) is 13.1. The van der Waals surface area contributed by atoms with Crippen molar-refractivity contribution in [3.63, 3.8) is 0 Å². The van der Waals surface area contributed by atoms with Gasteiger partial charge >= 0.3 is 0 Å². The third-order valence-corrected chi connectivity index (χ3v) is 4.85. The number of aliphatic imine (C=N–C) groups is 1. The summed E-state index contributed by atoms with van der Waals surface area (Å²) in [5, 5.41) is 7.66. The number of nitrogens with one attached hydrogen (secondary N) is 3. The predicted octanol–water partition coefficient (Wildman–Crippen LogP) is -2.97. The number of carbonyl (C=O) groups excluding carboxylic acids is 5. The van der Waals surface area contributed by atoms with Gasteiger partial charge in [0.15, 0.2) is 5.96 Å². The highest BCUT2D eigenvalue weighted by atomic mass is 16.2. The van der Waals surface area contributed by atoms with E-state index in [2.05, 4.69) is 20.9 Å². The third kappa shape index (κ3) is 8.78. The summed E-state index contributed by atoms with van der Waals surface area (Å²) in [4.78, 5) is 66.4. The van der Waals surface area contributed by atoms with Crippen LogP contribution in [0.2, 0.25) is 0 Å². The van der Waals surface area contributed by atoms with Crippen molar-refractivity contribution < 1.29 is 24.0 Å². The molecule has 1 aliphatic heterocycles. The maximum Gasteiger partial charge on any atom is 0.245 e. The summed E-state index contributed by atoms with van der Waals surface area (Å²) in [6, 6.07) is -2.86. The summed E-state index contributed by atoms with van der Waals surface area (Å²) in [6.07, 6.45) is 1.30. The molecule has 0 aliphatic carbocycles. The van der Waals surface area contributed by atoms with Crippen LogP contribution in [-0.4, -0.2) is 78.2 Å². The van der Waals surface area contributed by atoms with Crippen LogP contribution in [0.25, 0.3) is 0 Å². The van der Waals surface area contributed by atoms with Crippen molar-refractivity contribution >= 4 is 35.5 Å². The molecule has 1 saturated heterocycles. The Bertz CT molecular complexity index is 721. The Morgan fingerprint density at radius 2 is 1.78 bits per heavy atom. The fourth-order valence-electron chi connectivity index (χ4n) is 3.48. The van der Waals surface area contributed by atoms with E-state index < -0.39 is 48.2 Å². The highest BCUT2D eigenvalue weighted by Crippen LogP contribution is 2.20. The summed E-state index contributed by atoms with van der Waals surface area (Å²) in [7, 11) is 0. The van der Waals surface area contributed by atoms with Crippen LogP contribution in [0.15, 0.2) is 4.99 Å². The Kier molecular flexibility index (Phi) is 10.9. The van der Waals surface area contributed by atoms with Gasteiger partial charge in [0.2, 0.25) is 29.5 Å². The van der Waals surface area contributed by atoms with E-state index in [1.165, 1.54) is 11.8 Å². The molecule has 180 valence electrons. The number of guanidine groups is 1. The molecular weight excluding hydrogens is 420 g/mol. The van der Waals surface area contributed by atoms with Crippen LogP contribution in [0, 0.1) is 0 Å². The third-order valence-electron chi connectivity index (χ3n) is 4.85. The second-order valence-corrected chi connectivity index (χ2v) is 7.52. The smallest absolute Gasteiger partial charge is 0.245 e. The van der Waals surface area contributed by atoms with Crippen LogP contribution in [0.5, 0.6) is 0 Å². The molecule has 1 heterocycles. The normalized spacial score (nSPS) is 17.1. The minimum atomic E-state index is -1.23. The van der Waals surface area contributed by atoms with Gasteiger partial charge in [-0.1, -0.05) is 0 Å². The maximum atomic E-state index is 13.3. The molecule has 0 spiro atoms. The molecule has 0 unspecified atom stereocenters. The van der Waals surface area contributed by atoms with E-state index in [-0.39, 0.29) is 24.8 Å². The van der Waals surface area contributed by atoms with Crippen molar-refractivity contribution in [2.45, 2.75) is 64.1 Å². The number of rotatable bonds is 12. The van der Waals surface area contributed by atoms with E-state index in [4.69, 9.17) is 17.2 Å². The molecule has 0 saturated carbocycles. The van der Waals surface area contributed by atoms with Gasteiger partial charge in [0.25, 0.3) is 0 Å². The van der Waals surface area contributed by atoms with E-state index in [0.29, 0.717) is 32.4 Å². The molecule has 0 bridgehead atoms.